The first-order valence-corrected chi connectivity index (χ1v) is 7.05. The molecule has 98 valence electrons. The standard InChI is InChI=1S/C14H15N3OS/c1-17-12-5-3-2-4-11(12)16-14(17)15-8-13(18)10-6-7-19-9-10/h2-7,9,13,18H,8H2,1H3,(H,15,16). The molecule has 0 aliphatic heterocycles. The van der Waals surface area contributed by atoms with E-state index in [4.69, 9.17) is 0 Å². The Labute approximate surface area is 115 Å². The smallest absolute Gasteiger partial charge is 0.203 e. The van der Waals surface area contributed by atoms with Gasteiger partial charge in [0, 0.05) is 13.6 Å². The zero-order chi connectivity index (χ0) is 13.2. The van der Waals surface area contributed by atoms with E-state index in [1.54, 1.807) is 11.3 Å². The Balaban J connectivity index is 1.77. The van der Waals surface area contributed by atoms with E-state index in [-0.39, 0.29) is 0 Å². The predicted molar refractivity (Wildman–Crippen MR) is 78.5 cm³/mol. The molecule has 1 unspecified atom stereocenters. The second kappa shape index (κ2) is 5.03. The first-order chi connectivity index (χ1) is 9.25. The van der Waals surface area contributed by atoms with Gasteiger partial charge in [0.1, 0.15) is 0 Å². The number of imidazole rings is 1. The molecule has 0 aliphatic rings. The molecule has 3 rings (SSSR count). The summed E-state index contributed by atoms with van der Waals surface area (Å²) in [6.07, 6.45) is -0.508. The maximum Gasteiger partial charge on any atom is 0.203 e. The molecule has 4 nitrogen and oxygen atoms in total. The summed E-state index contributed by atoms with van der Waals surface area (Å²) in [5.41, 5.74) is 2.98. The van der Waals surface area contributed by atoms with Crippen LogP contribution in [0.4, 0.5) is 5.95 Å². The molecule has 0 saturated carbocycles. The van der Waals surface area contributed by atoms with Gasteiger partial charge in [-0.25, -0.2) is 4.98 Å². The SMILES string of the molecule is Cn1c(NCC(O)c2ccsc2)nc2ccccc21. The van der Waals surface area contributed by atoms with Crippen LogP contribution in [0.2, 0.25) is 0 Å². The number of hydrogen-bond acceptors (Lipinski definition) is 4. The lowest BCUT2D eigenvalue weighted by molar-refractivity contribution is 0.192. The van der Waals surface area contributed by atoms with E-state index in [1.165, 1.54) is 0 Å². The molecule has 0 aliphatic carbocycles. The largest absolute Gasteiger partial charge is 0.387 e. The van der Waals surface area contributed by atoms with Crippen LogP contribution >= 0.6 is 11.3 Å². The van der Waals surface area contributed by atoms with Crippen LogP contribution in [0.3, 0.4) is 0 Å². The summed E-state index contributed by atoms with van der Waals surface area (Å²) < 4.78 is 2.00. The summed E-state index contributed by atoms with van der Waals surface area (Å²) in [7, 11) is 1.97. The lowest BCUT2D eigenvalue weighted by atomic mass is 10.2. The number of hydrogen-bond donors (Lipinski definition) is 2. The number of para-hydroxylation sites is 2. The van der Waals surface area contributed by atoms with Crippen molar-refractivity contribution in [3.8, 4) is 0 Å². The third-order valence-corrected chi connectivity index (χ3v) is 3.87. The monoisotopic (exact) mass is 273 g/mol. The van der Waals surface area contributed by atoms with Crippen molar-refractivity contribution in [3.05, 3.63) is 46.7 Å². The maximum atomic E-state index is 10.0. The van der Waals surface area contributed by atoms with Gasteiger partial charge in [-0.3, -0.25) is 0 Å². The van der Waals surface area contributed by atoms with E-state index in [9.17, 15) is 5.11 Å². The van der Waals surface area contributed by atoms with Crippen molar-refractivity contribution in [2.24, 2.45) is 7.05 Å². The predicted octanol–water partition coefficient (Wildman–Crippen LogP) is 2.78. The number of aryl methyl sites for hydroxylation is 1. The average Bonchev–Trinajstić information content (AvgIpc) is 3.05. The van der Waals surface area contributed by atoms with Crippen LogP contribution in [0.25, 0.3) is 11.0 Å². The number of thiophene rings is 1. The number of rotatable bonds is 4. The summed E-state index contributed by atoms with van der Waals surface area (Å²) in [4.78, 5) is 4.51. The molecule has 2 N–H and O–H groups in total. The first-order valence-electron chi connectivity index (χ1n) is 6.11. The Morgan fingerprint density at radius 1 is 1.37 bits per heavy atom. The minimum Gasteiger partial charge on any atom is -0.387 e. The fraction of sp³-hybridized carbons (Fsp3) is 0.214. The van der Waals surface area contributed by atoms with Crippen molar-refractivity contribution < 1.29 is 5.11 Å². The average molecular weight is 273 g/mol. The number of fused-ring (bicyclic) bond motifs is 1. The second-order valence-electron chi connectivity index (χ2n) is 4.44. The van der Waals surface area contributed by atoms with Crippen LogP contribution in [-0.4, -0.2) is 21.2 Å². The highest BCUT2D eigenvalue weighted by Gasteiger charge is 2.10. The molecule has 5 heteroatoms. The second-order valence-corrected chi connectivity index (χ2v) is 5.22. The molecule has 19 heavy (non-hydrogen) atoms. The number of aliphatic hydroxyl groups is 1. The molecule has 2 aromatic heterocycles. The van der Waals surface area contributed by atoms with Crippen LogP contribution in [0.15, 0.2) is 41.1 Å². The lowest BCUT2D eigenvalue weighted by Crippen LogP contribution is -2.14. The van der Waals surface area contributed by atoms with Crippen molar-refractivity contribution in [1.82, 2.24) is 9.55 Å². The van der Waals surface area contributed by atoms with Gasteiger partial charge < -0.3 is 15.0 Å². The highest BCUT2D eigenvalue weighted by Crippen LogP contribution is 2.20. The van der Waals surface area contributed by atoms with Gasteiger partial charge in [-0.15, -0.1) is 0 Å². The molecule has 0 amide bonds. The van der Waals surface area contributed by atoms with Crippen molar-refractivity contribution in [1.29, 1.82) is 0 Å². The Hall–Kier alpha value is -1.85. The van der Waals surface area contributed by atoms with Gasteiger partial charge in [-0.1, -0.05) is 12.1 Å². The molecule has 3 aromatic rings. The minimum absolute atomic E-state index is 0.452. The van der Waals surface area contributed by atoms with E-state index < -0.39 is 6.10 Å². The third-order valence-electron chi connectivity index (χ3n) is 3.17. The molecular formula is C14H15N3OS. The summed E-state index contributed by atoms with van der Waals surface area (Å²) in [6, 6.07) is 9.91. The van der Waals surface area contributed by atoms with Gasteiger partial charge in [0.25, 0.3) is 0 Å². The molecular weight excluding hydrogens is 258 g/mol. The lowest BCUT2D eigenvalue weighted by Gasteiger charge is -2.11. The van der Waals surface area contributed by atoms with Crippen LogP contribution in [0.5, 0.6) is 0 Å². The van der Waals surface area contributed by atoms with E-state index in [2.05, 4.69) is 10.3 Å². The van der Waals surface area contributed by atoms with Crippen molar-refractivity contribution in [2.45, 2.75) is 6.10 Å². The normalized spacial score (nSPS) is 12.7. The van der Waals surface area contributed by atoms with Crippen LogP contribution in [0, 0.1) is 0 Å². The van der Waals surface area contributed by atoms with E-state index in [1.807, 2.05) is 52.7 Å². The van der Waals surface area contributed by atoms with Crippen LogP contribution < -0.4 is 5.32 Å². The molecule has 1 aromatic carbocycles. The topological polar surface area (TPSA) is 50.1 Å². The Bertz CT molecular complexity index is 675. The van der Waals surface area contributed by atoms with Gasteiger partial charge in [-0.05, 0) is 34.5 Å². The van der Waals surface area contributed by atoms with E-state index in [0.717, 1.165) is 22.5 Å². The fourth-order valence-corrected chi connectivity index (χ4v) is 2.78. The van der Waals surface area contributed by atoms with Gasteiger partial charge in [0.15, 0.2) is 0 Å². The Morgan fingerprint density at radius 3 is 2.95 bits per heavy atom. The fourth-order valence-electron chi connectivity index (χ4n) is 2.07. The van der Waals surface area contributed by atoms with Gasteiger partial charge in [0.2, 0.25) is 5.95 Å². The third kappa shape index (κ3) is 2.34. The Morgan fingerprint density at radius 2 is 2.21 bits per heavy atom. The molecule has 0 saturated heterocycles. The van der Waals surface area contributed by atoms with Gasteiger partial charge in [0.05, 0.1) is 17.1 Å². The van der Waals surface area contributed by atoms with Crippen molar-refractivity contribution in [2.75, 3.05) is 11.9 Å². The maximum absolute atomic E-state index is 10.0. The van der Waals surface area contributed by atoms with Crippen LogP contribution in [0.1, 0.15) is 11.7 Å². The zero-order valence-electron chi connectivity index (χ0n) is 10.6. The van der Waals surface area contributed by atoms with Crippen LogP contribution in [-0.2, 0) is 7.05 Å². The summed E-state index contributed by atoms with van der Waals surface area (Å²) in [5.74, 6) is 0.774. The number of aliphatic hydroxyl groups excluding tert-OH is 1. The van der Waals surface area contributed by atoms with E-state index in [0.29, 0.717) is 6.54 Å². The Kier molecular flexibility index (Phi) is 3.23. The highest BCUT2D eigenvalue weighted by atomic mass is 32.1. The molecule has 0 bridgehead atoms. The summed E-state index contributed by atoms with van der Waals surface area (Å²) >= 11 is 1.59. The number of nitrogens with one attached hydrogen (secondary N) is 1. The zero-order valence-corrected chi connectivity index (χ0v) is 11.4. The molecule has 0 fully saturated rings. The van der Waals surface area contributed by atoms with Gasteiger partial charge in [-0.2, -0.15) is 11.3 Å². The molecule has 1 atom stereocenters. The quantitative estimate of drug-likeness (QED) is 0.768. The highest BCUT2D eigenvalue weighted by molar-refractivity contribution is 7.07. The number of benzene rings is 1. The summed E-state index contributed by atoms with van der Waals surface area (Å²) in [6.45, 7) is 0.452. The minimum atomic E-state index is -0.508. The molecule has 0 radical (unpaired) electrons. The number of anilines is 1. The van der Waals surface area contributed by atoms with Crippen molar-refractivity contribution in [3.63, 3.8) is 0 Å². The van der Waals surface area contributed by atoms with Crippen molar-refractivity contribution >= 4 is 28.3 Å². The van der Waals surface area contributed by atoms with Gasteiger partial charge >= 0.3 is 0 Å². The first kappa shape index (κ1) is 12.2. The number of nitrogens with zero attached hydrogens (tertiary/aromatic N) is 2. The molecule has 0 spiro atoms. The number of aromatic nitrogens is 2. The molecule has 2 heterocycles. The summed E-state index contributed by atoms with van der Waals surface area (Å²) in [5, 5.41) is 17.2. The van der Waals surface area contributed by atoms with E-state index >= 15 is 0 Å².